The van der Waals surface area contributed by atoms with Gasteiger partial charge in [-0.15, -0.1) is 11.3 Å². The quantitative estimate of drug-likeness (QED) is 0.579. The largest absolute Gasteiger partial charge is 0.366 e. The Hall–Kier alpha value is -2.87. The average molecular weight is 345 g/mol. The van der Waals surface area contributed by atoms with E-state index in [-0.39, 0.29) is 24.0 Å². The van der Waals surface area contributed by atoms with Crippen LogP contribution in [0.5, 0.6) is 0 Å². The molecule has 3 N–H and O–H groups in total. The molecule has 1 aromatic carbocycles. The summed E-state index contributed by atoms with van der Waals surface area (Å²) in [6.07, 6.45) is -0.0360. The Kier molecular flexibility index (Phi) is 5.54. The number of primary amides is 1. The van der Waals surface area contributed by atoms with E-state index in [2.05, 4.69) is 10.3 Å². The maximum atomic E-state index is 12.4. The van der Waals surface area contributed by atoms with Crippen molar-refractivity contribution < 1.29 is 19.2 Å². The Balaban J connectivity index is 2.35. The first-order valence-electron chi connectivity index (χ1n) is 7.02. The zero-order valence-corrected chi connectivity index (χ0v) is 13.6. The number of carbonyl (C=O) groups is 4. The molecule has 2 rings (SSSR count). The van der Waals surface area contributed by atoms with Crippen LogP contribution in [0.3, 0.4) is 0 Å². The molecule has 0 aliphatic heterocycles. The van der Waals surface area contributed by atoms with Crippen molar-refractivity contribution in [3.63, 3.8) is 0 Å². The molecule has 7 nitrogen and oxygen atoms in total. The van der Waals surface area contributed by atoms with Crippen molar-refractivity contribution in [1.29, 1.82) is 0 Å². The summed E-state index contributed by atoms with van der Waals surface area (Å²) in [7, 11) is 0. The van der Waals surface area contributed by atoms with E-state index in [0.717, 1.165) is 0 Å². The minimum atomic E-state index is -0.744. The second kappa shape index (κ2) is 7.60. The second-order valence-electron chi connectivity index (χ2n) is 5.09. The highest BCUT2D eigenvalue weighted by molar-refractivity contribution is 7.07. The highest BCUT2D eigenvalue weighted by Crippen LogP contribution is 2.24. The van der Waals surface area contributed by atoms with Gasteiger partial charge in [0.05, 0.1) is 28.4 Å². The van der Waals surface area contributed by atoms with E-state index in [1.165, 1.54) is 23.5 Å². The molecule has 8 heteroatoms. The van der Waals surface area contributed by atoms with Gasteiger partial charge in [-0.2, -0.15) is 0 Å². The lowest BCUT2D eigenvalue weighted by molar-refractivity contribution is -0.129. The normalized spacial score (nSPS) is 11.5. The van der Waals surface area contributed by atoms with Gasteiger partial charge in [0.25, 0.3) is 5.91 Å². The monoisotopic (exact) mass is 345 g/mol. The molecule has 0 saturated carbocycles. The number of hydrogen-bond acceptors (Lipinski definition) is 6. The van der Waals surface area contributed by atoms with Crippen LogP contribution in [0.1, 0.15) is 34.5 Å². The second-order valence-corrected chi connectivity index (χ2v) is 5.81. The topological polar surface area (TPSA) is 119 Å². The number of anilines is 1. The number of benzene rings is 1. The first-order chi connectivity index (χ1) is 11.4. The molecule has 24 heavy (non-hydrogen) atoms. The number of aromatic nitrogens is 1. The number of carbonyl (C=O) groups excluding carboxylic acids is 4. The highest BCUT2D eigenvalue weighted by Gasteiger charge is 2.21. The number of ketones is 1. The molecule has 0 fully saturated rings. The predicted molar refractivity (Wildman–Crippen MR) is 88.9 cm³/mol. The van der Waals surface area contributed by atoms with Crippen LogP contribution in [0.2, 0.25) is 0 Å². The summed E-state index contributed by atoms with van der Waals surface area (Å²) in [6.45, 7) is 1.67. The SMILES string of the molecule is CC(C(=O)Nc1c(CC(=O)C=O)cccc1C(N)=O)c1cscn1. The van der Waals surface area contributed by atoms with Gasteiger partial charge < -0.3 is 11.1 Å². The summed E-state index contributed by atoms with van der Waals surface area (Å²) < 4.78 is 0. The summed E-state index contributed by atoms with van der Waals surface area (Å²) >= 11 is 1.37. The fourth-order valence-electron chi connectivity index (χ4n) is 2.13. The van der Waals surface area contributed by atoms with Crippen LogP contribution in [0, 0.1) is 0 Å². The molecule has 0 bridgehead atoms. The molecule has 124 valence electrons. The third-order valence-corrected chi connectivity index (χ3v) is 4.05. The molecule has 0 spiro atoms. The van der Waals surface area contributed by atoms with Crippen molar-refractivity contribution >= 4 is 40.9 Å². The number of aldehydes is 1. The van der Waals surface area contributed by atoms with E-state index in [0.29, 0.717) is 11.3 Å². The van der Waals surface area contributed by atoms with Crippen molar-refractivity contribution in [3.05, 3.63) is 45.9 Å². The fourth-order valence-corrected chi connectivity index (χ4v) is 2.78. The minimum absolute atomic E-state index is 0.0741. The average Bonchev–Trinajstić information content (AvgIpc) is 3.09. The van der Waals surface area contributed by atoms with Gasteiger partial charge >= 0.3 is 0 Å². The number of thiazole rings is 1. The number of para-hydroxylation sites is 1. The Morgan fingerprint density at radius 1 is 1.38 bits per heavy atom. The minimum Gasteiger partial charge on any atom is -0.366 e. The van der Waals surface area contributed by atoms with Crippen LogP contribution >= 0.6 is 11.3 Å². The Bertz CT molecular complexity index is 787. The molecule has 1 heterocycles. The number of nitrogens with one attached hydrogen (secondary N) is 1. The first kappa shape index (κ1) is 17.5. The van der Waals surface area contributed by atoms with Crippen molar-refractivity contribution in [2.24, 2.45) is 5.73 Å². The number of nitrogens with two attached hydrogens (primary N) is 1. The summed E-state index contributed by atoms with van der Waals surface area (Å²) in [5.74, 6) is -2.35. The van der Waals surface area contributed by atoms with Crippen molar-refractivity contribution in [1.82, 2.24) is 4.98 Å². The van der Waals surface area contributed by atoms with Gasteiger partial charge in [0.2, 0.25) is 5.91 Å². The molecule has 2 aromatic rings. The molecule has 0 saturated heterocycles. The van der Waals surface area contributed by atoms with Crippen LogP contribution in [0.4, 0.5) is 5.69 Å². The van der Waals surface area contributed by atoms with Gasteiger partial charge in [0, 0.05) is 11.8 Å². The molecular formula is C16H15N3O4S. The Morgan fingerprint density at radius 2 is 2.12 bits per heavy atom. The molecule has 0 radical (unpaired) electrons. The van der Waals surface area contributed by atoms with Gasteiger partial charge in [-0.05, 0) is 18.6 Å². The molecule has 2 amide bonds. The summed E-state index contributed by atoms with van der Waals surface area (Å²) in [6, 6.07) is 4.53. The molecule has 1 aromatic heterocycles. The van der Waals surface area contributed by atoms with Gasteiger partial charge in [0.1, 0.15) is 0 Å². The smallest absolute Gasteiger partial charge is 0.250 e. The maximum absolute atomic E-state index is 12.4. The van der Waals surface area contributed by atoms with Crippen molar-refractivity contribution in [2.75, 3.05) is 5.32 Å². The summed E-state index contributed by atoms with van der Waals surface area (Å²) in [5.41, 5.74) is 8.12. The molecular weight excluding hydrogens is 330 g/mol. The van der Waals surface area contributed by atoms with E-state index in [1.54, 1.807) is 23.9 Å². The number of hydrogen-bond donors (Lipinski definition) is 2. The maximum Gasteiger partial charge on any atom is 0.250 e. The van der Waals surface area contributed by atoms with Crippen LogP contribution in [-0.4, -0.2) is 28.9 Å². The summed E-state index contributed by atoms with van der Waals surface area (Å²) in [5, 5.41) is 4.39. The van der Waals surface area contributed by atoms with Crippen LogP contribution < -0.4 is 11.1 Å². The standard InChI is InChI=1S/C16H15N3O4S/c1-9(13-7-24-8-18-13)16(23)19-14-10(5-11(21)6-20)3-2-4-12(14)15(17)22/h2-4,6-9H,5H2,1H3,(H2,17,22)(H,19,23). The van der Waals surface area contributed by atoms with E-state index < -0.39 is 23.5 Å². The number of nitrogens with zero attached hydrogens (tertiary/aromatic N) is 1. The van der Waals surface area contributed by atoms with Gasteiger partial charge in [0.15, 0.2) is 12.1 Å². The van der Waals surface area contributed by atoms with Gasteiger partial charge in [-0.1, -0.05) is 12.1 Å². The molecule has 0 aliphatic carbocycles. The van der Waals surface area contributed by atoms with E-state index in [9.17, 15) is 19.2 Å². The van der Waals surface area contributed by atoms with Crippen LogP contribution in [0.15, 0.2) is 29.1 Å². The third kappa shape index (κ3) is 3.90. The van der Waals surface area contributed by atoms with E-state index >= 15 is 0 Å². The van der Waals surface area contributed by atoms with Crippen LogP contribution in [-0.2, 0) is 20.8 Å². The first-order valence-corrected chi connectivity index (χ1v) is 7.97. The Labute approximate surface area is 141 Å². The van der Waals surface area contributed by atoms with Crippen LogP contribution in [0.25, 0.3) is 0 Å². The van der Waals surface area contributed by atoms with Crippen molar-refractivity contribution in [3.8, 4) is 0 Å². The number of amides is 2. The molecule has 0 aliphatic rings. The lowest BCUT2D eigenvalue weighted by Gasteiger charge is -2.16. The molecule has 1 unspecified atom stereocenters. The third-order valence-electron chi connectivity index (χ3n) is 3.45. The molecule has 1 atom stereocenters. The zero-order valence-electron chi connectivity index (χ0n) is 12.8. The Morgan fingerprint density at radius 3 is 2.71 bits per heavy atom. The zero-order chi connectivity index (χ0) is 17.7. The lowest BCUT2D eigenvalue weighted by atomic mass is 10.0. The van der Waals surface area contributed by atoms with E-state index in [1.807, 2.05) is 0 Å². The predicted octanol–water partition coefficient (Wildman–Crippen LogP) is 1.29. The highest BCUT2D eigenvalue weighted by atomic mass is 32.1. The van der Waals surface area contributed by atoms with Crippen molar-refractivity contribution in [2.45, 2.75) is 19.3 Å². The van der Waals surface area contributed by atoms with E-state index in [4.69, 9.17) is 5.73 Å². The van der Waals surface area contributed by atoms with Gasteiger partial charge in [-0.3, -0.25) is 19.2 Å². The number of rotatable bonds is 7. The fraction of sp³-hybridized carbons (Fsp3) is 0.188. The number of Topliss-reactive ketones (excluding diaryl/α,β-unsaturated/α-hetero) is 1. The van der Waals surface area contributed by atoms with Gasteiger partial charge in [-0.25, -0.2) is 4.98 Å². The lowest BCUT2D eigenvalue weighted by Crippen LogP contribution is -2.24. The summed E-state index contributed by atoms with van der Waals surface area (Å²) in [4.78, 5) is 50.1.